The van der Waals surface area contributed by atoms with Crippen LogP contribution in [0, 0.1) is 0 Å². The van der Waals surface area contributed by atoms with E-state index in [-0.39, 0.29) is 0 Å². The molecule has 13 heavy (non-hydrogen) atoms. The number of nitrogens with zero attached hydrogens (tertiary/aromatic N) is 1. The van der Waals surface area contributed by atoms with Crippen LogP contribution in [0.25, 0.3) is 6.08 Å². The first-order chi connectivity index (χ1) is 6.36. The molecule has 0 fully saturated rings. The van der Waals surface area contributed by atoms with Crippen LogP contribution < -0.4 is 10.1 Å². The van der Waals surface area contributed by atoms with Gasteiger partial charge in [0.15, 0.2) is 0 Å². The lowest BCUT2D eigenvalue weighted by Crippen LogP contribution is -2.03. The van der Waals surface area contributed by atoms with E-state index in [1.807, 2.05) is 25.3 Å². The molecule has 0 aliphatic rings. The average Bonchev–Trinajstić information content (AvgIpc) is 2.19. The second-order valence-corrected chi connectivity index (χ2v) is 2.62. The summed E-state index contributed by atoms with van der Waals surface area (Å²) in [6.07, 6.45) is 7.53. The zero-order chi connectivity index (χ0) is 9.52. The monoisotopic (exact) mass is 178 g/mol. The van der Waals surface area contributed by atoms with Crippen LogP contribution in [0.15, 0.2) is 24.5 Å². The zero-order valence-electron chi connectivity index (χ0n) is 7.95. The van der Waals surface area contributed by atoms with Gasteiger partial charge in [0, 0.05) is 12.7 Å². The van der Waals surface area contributed by atoms with E-state index in [9.17, 15) is 0 Å². The van der Waals surface area contributed by atoms with Crippen molar-refractivity contribution >= 4 is 6.08 Å². The summed E-state index contributed by atoms with van der Waals surface area (Å²) in [7, 11) is 3.55. The number of likely N-dealkylation sites (N-methyl/N-ethyl adjacent to an activating group) is 1. The fourth-order valence-corrected chi connectivity index (χ4v) is 0.951. The predicted octanol–water partition coefficient (Wildman–Crippen LogP) is 1.32. The van der Waals surface area contributed by atoms with E-state index in [0.717, 1.165) is 17.9 Å². The third kappa shape index (κ3) is 3.25. The molecule has 0 radical (unpaired) electrons. The molecule has 0 unspecified atom stereocenters. The summed E-state index contributed by atoms with van der Waals surface area (Å²) < 4.78 is 5.05. The second-order valence-electron chi connectivity index (χ2n) is 2.62. The Morgan fingerprint density at radius 3 is 3.08 bits per heavy atom. The lowest BCUT2D eigenvalue weighted by molar-refractivity contribution is 0.413. The van der Waals surface area contributed by atoms with Crippen molar-refractivity contribution in [1.82, 2.24) is 10.3 Å². The quantitative estimate of drug-likeness (QED) is 0.755. The maximum absolute atomic E-state index is 5.05. The van der Waals surface area contributed by atoms with Crippen molar-refractivity contribution in [2.45, 2.75) is 0 Å². The van der Waals surface area contributed by atoms with Gasteiger partial charge in [-0.05, 0) is 18.7 Å². The second kappa shape index (κ2) is 5.32. The number of aromatic nitrogens is 1. The van der Waals surface area contributed by atoms with Gasteiger partial charge in [0.05, 0.1) is 13.3 Å². The molecular weight excluding hydrogens is 164 g/mol. The minimum absolute atomic E-state index is 0.784. The van der Waals surface area contributed by atoms with Crippen LogP contribution in [-0.4, -0.2) is 25.7 Å². The molecule has 1 N–H and O–H groups in total. The van der Waals surface area contributed by atoms with Crippen molar-refractivity contribution in [3.05, 3.63) is 30.1 Å². The van der Waals surface area contributed by atoms with E-state index in [0.29, 0.717) is 0 Å². The number of nitrogens with one attached hydrogen (secondary N) is 1. The molecule has 1 rings (SSSR count). The van der Waals surface area contributed by atoms with E-state index in [1.54, 1.807) is 19.5 Å². The van der Waals surface area contributed by atoms with Crippen LogP contribution in [0.2, 0.25) is 0 Å². The van der Waals surface area contributed by atoms with Crippen LogP contribution in [0.3, 0.4) is 0 Å². The molecule has 1 aromatic rings. The molecule has 3 nitrogen and oxygen atoms in total. The first-order valence-corrected chi connectivity index (χ1v) is 4.17. The van der Waals surface area contributed by atoms with E-state index in [4.69, 9.17) is 4.74 Å². The summed E-state index contributed by atoms with van der Waals surface area (Å²) in [6.45, 7) is 0.858. The Hall–Kier alpha value is -1.35. The number of hydrogen-bond donors (Lipinski definition) is 1. The van der Waals surface area contributed by atoms with Crippen molar-refractivity contribution in [1.29, 1.82) is 0 Å². The standard InChI is InChI=1S/C10H14N2O/c1-11-5-3-4-9-6-10(13-2)8-12-7-9/h3-4,6-8,11H,5H2,1-2H3. The van der Waals surface area contributed by atoms with E-state index in [1.165, 1.54) is 0 Å². The number of pyridine rings is 1. The molecule has 0 aromatic carbocycles. The molecular formula is C10H14N2O. The Balaban J connectivity index is 2.66. The van der Waals surface area contributed by atoms with Crippen molar-refractivity contribution in [3.63, 3.8) is 0 Å². The first kappa shape index (κ1) is 9.74. The fourth-order valence-electron chi connectivity index (χ4n) is 0.951. The first-order valence-electron chi connectivity index (χ1n) is 4.17. The Kier molecular flexibility index (Phi) is 3.99. The van der Waals surface area contributed by atoms with Gasteiger partial charge in [0.25, 0.3) is 0 Å². The number of methoxy groups -OCH3 is 1. The average molecular weight is 178 g/mol. The molecule has 1 heterocycles. The molecule has 0 aliphatic heterocycles. The normalized spacial score (nSPS) is 10.6. The van der Waals surface area contributed by atoms with Gasteiger partial charge in [0.1, 0.15) is 5.75 Å². The summed E-state index contributed by atoms with van der Waals surface area (Å²) in [5.74, 6) is 0.784. The molecule has 0 saturated carbocycles. The maximum atomic E-state index is 5.05. The van der Waals surface area contributed by atoms with Gasteiger partial charge in [-0.25, -0.2) is 0 Å². The van der Waals surface area contributed by atoms with Crippen LogP contribution in [-0.2, 0) is 0 Å². The van der Waals surface area contributed by atoms with Crippen LogP contribution >= 0.6 is 0 Å². The smallest absolute Gasteiger partial charge is 0.137 e. The zero-order valence-corrected chi connectivity index (χ0v) is 7.95. The Morgan fingerprint density at radius 1 is 1.54 bits per heavy atom. The minimum atomic E-state index is 0.784. The fraction of sp³-hybridized carbons (Fsp3) is 0.300. The maximum Gasteiger partial charge on any atom is 0.137 e. The van der Waals surface area contributed by atoms with E-state index in [2.05, 4.69) is 10.3 Å². The number of rotatable bonds is 4. The summed E-state index contributed by atoms with van der Waals surface area (Å²) in [5, 5.41) is 3.03. The van der Waals surface area contributed by atoms with Gasteiger partial charge in [-0.15, -0.1) is 0 Å². The molecule has 70 valence electrons. The predicted molar refractivity (Wildman–Crippen MR) is 53.7 cm³/mol. The molecule has 1 aromatic heterocycles. The largest absolute Gasteiger partial charge is 0.495 e. The highest BCUT2D eigenvalue weighted by molar-refractivity contribution is 5.50. The van der Waals surface area contributed by atoms with Gasteiger partial charge >= 0.3 is 0 Å². The molecule has 0 amide bonds. The molecule has 0 saturated heterocycles. The van der Waals surface area contributed by atoms with Gasteiger partial charge in [-0.3, -0.25) is 4.98 Å². The van der Waals surface area contributed by atoms with E-state index < -0.39 is 0 Å². The highest BCUT2D eigenvalue weighted by Crippen LogP contribution is 2.10. The third-order valence-corrected chi connectivity index (χ3v) is 1.60. The summed E-state index contributed by atoms with van der Waals surface area (Å²) in [4.78, 5) is 4.04. The van der Waals surface area contributed by atoms with Crippen molar-refractivity contribution in [2.75, 3.05) is 20.7 Å². The van der Waals surface area contributed by atoms with Crippen LogP contribution in [0.1, 0.15) is 5.56 Å². The third-order valence-electron chi connectivity index (χ3n) is 1.60. The van der Waals surface area contributed by atoms with E-state index >= 15 is 0 Å². The number of ether oxygens (including phenoxy) is 1. The number of hydrogen-bond acceptors (Lipinski definition) is 3. The van der Waals surface area contributed by atoms with Crippen molar-refractivity contribution in [2.24, 2.45) is 0 Å². The van der Waals surface area contributed by atoms with Crippen LogP contribution in [0.5, 0.6) is 5.75 Å². The summed E-state index contributed by atoms with van der Waals surface area (Å²) >= 11 is 0. The molecule has 3 heteroatoms. The summed E-state index contributed by atoms with van der Waals surface area (Å²) in [6, 6.07) is 1.94. The molecule has 0 bridgehead atoms. The topological polar surface area (TPSA) is 34.2 Å². The van der Waals surface area contributed by atoms with Gasteiger partial charge in [-0.2, -0.15) is 0 Å². The van der Waals surface area contributed by atoms with Gasteiger partial charge in [-0.1, -0.05) is 12.2 Å². The van der Waals surface area contributed by atoms with Gasteiger partial charge in [0.2, 0.25) is 0 Å². The molecule has 0 atom stereocenters. The Bertz CT molecular complexity index is 284. The van der Waals surface area contributed by atoms with Crippen molar-refractivity contribution in [3.8, 4) is 5.75 Å². The highest BCUT2D eigenvalue weighted by atomic mass is 16.5. The highest BCUT2D eigenvalue weighted by Gasteiger charge is 1.91. The molecule has 0 spiro atoms. The Labute approximate surface area is 78.4 Å². The van der Waals surface area contributed by atoms with Crippen molar-refractivity contribution < 1.29 is 4.74 Å². The summed E-state index contributed by atoms with van der Waals surface area (Å²) in [5.41, 5.74) is 1.05. The lowest BCUT2D eigenvalue weighted by Gasteiger charge is -1.98. The SMILES string of the molecule is CNCC=Cc1cncc(OC)c1. The molecule has 0 aliphatic carbocycles. The Morgan fingerprint density at radius 2 is 2.38 bits per heavy atom. The van der Waals surface area contributed by atoms with Crippen LogP contribution in [0.4, 0.5) is 0 Å². The lowest BCUT2D eigenvalue weighted by atomic mass is 10.2. The minimum Gasteiger partial charge on any atom is -0.495 e. The van der Waals surface area contributed by atoms with Gasteiger partial charge < -0.3 is 10.1 Å².